The molecule has 0 spiro atoms. The minimum atomic E-state index is -0.240. The highest BCUT2D eigenvalue weighted by Crippen LogP contribution is 2.37. The number of hydrogen-bond acceptors (Lipinski definition) is 8. The molecule has 0 unspecified atom stereocenters. The Morgan fingerprint density at radius 3 is 2.62 bits per heavy atom. The number of hydrogen-bond donors (Lipinski definition) is 1. The van der Waals surface area contributed by atoms with E-state index in [0.717, 1.165) is 35.0 Å². The molecule has 1 N–H and O–H groups in total. The second-order valence-corrected chi connectivity index (χ2v) is 11.5. The van der Waals surface area contributed by atoms with E-state index in [4.69, 9.17) is 9.47 Å². The van der Waals surface area contributed by atoms with E-state index in [-0.39, 0.29) is 11.7 Å². The number of rotatable bonds is 11. The Morgan fingerprint density at radius 1 is 1.08 bits per heavy atom. The van der Waals surface area contributed by atoms with E-state index in [0.29, 0.717) is 24.7 Å². The van der Waals surface area contributed by atoms with Gasteiger partial charge >= 0.3 is 0 Å². The SMILES string of the molecule is CCOc1cc(C=NNC(=O)CSc2nnc(-c3ccccc3)s2)cc(Br)c1OCc1ccc(Br)cc1. The molecule has 0 atom stereocenters. The van der Waals surface area contributed by atoms with Crippen molar-refractivity contribution in [2.75, 3.05) is 12.4 Å². The highest BCUT2D eigenvalue weighted by Gasteiger charge is 2.13. The van der Waals surface area contributed by atoms with Crippen LogP contribution in [0, 0.1) is 0 Å². The van der Waals surface area contributed by atoms with Gasteiger partial charge in [-0.15, -0.1) is 10.2 Å². The van der Waals surface area contributed by atoms with E-state index in [2.05, 4.69) is 52.6 Å². The molecule has 7 nitrogen and oxygen atoms in total. The number of halogens is 2. The zero-order valence-electron chi connectivity index (χ0n) is 19.7. The van der Waals surface area contributed by atoms with Crippen LogP contribution in [0.15, 0.2) is 85.1 Å². The van der Waals surface area contributed by atoms with Gasteiger partial charge in [-0.2, -0.15) is 5.10 Å². The first-order valence-electron chi connectivity index (χ1n) is 11.2. The van der Waals surface area contributed by atoms with Gasteiger partial charge in [-0.1, -0.05) is 81.5 Å². The molecule has 0 aliphatic rings. The van der Waals surface area contributed by atoms with Crippen LogP contribution in [0.3, 0.4) is 0 Å². The van der Waals surface area contributed by atoms with Gasteiger partial charge in [0.05, 0.1) is 23.0 Å². The van der Waals surface area contributed by atoms with Crippen molar-refractivity contribution in [3.05, 3.63) is 86.8 Å². The molecule has 0 saturated heterocycles. The molecule has 0 radical (unpaired) electrons. The van der Waals surface area contributed by atoms with Crippen LogP contribution in [-0.2, 0) is 11.4 Å². The third-order valence-corrected chi connectivity index (χ3v) is 8.01. The third-order valence-electron chi connectivity index (χ3n) is 4.78. The van der Waals surface area contributed by atoms with Crippen LogP contribution in [0.5, 0.6) is 11.5 Å². The molecule has 0 saturated carbocycles. The average Bonchev–Trinajstić information content (AvgIpc) is 3.38. The van der Waals surface area contributed by atoms with Gasteiger partial charge < -0.3 is 9.47 Å². The molecule has 1 aromatic heterocycles. The van der Waals surface area contributed by atoms with Crippen LogP contribution in [0.1, 0.15) is 18.1 Å². The lowest BCUT2D eigenvalue weighted by atomic mass is 10.2. The minimum Gasteiger partial charge on any atom is -0.490 e. The van der Waals surface area contributed by atoms with Crippen LogP contribution in [0.25, 0.3) is 10.6 Å². The van der Waals surface area contributed by atoms with Crippen molar-refractivity contribution in [3.63, 3.8) is 0 Å². The lowest BCUT2D eigenvalue weighted by Crippen LogP contribution is -2.19. The third kappa shape index (κ3) is 8.13. The normalized spacial score (nSPS) is 11.0. The number of aromatic nitrogens is 2. The highest BCUT2D eigenvalue weighted by atomic mass is 79.9. The summed E-state index contributed by atoms with van der Waals surface area (Å²) in [5.41, 5.74) is 5.34. The van der Waals surface area contributed by atoms with Gasteiger partial charge in [-0.3, -0.25) is 4.79 Å². The maximum absolute atomic E-state index is 12.3. The summed E-state index contributed by atoms with van der Waals surface area (Å²) in [4.78, 5) is 12.3. The quantitative estimate of drug-likeness (QED) is 0.106. The Labute approximate surface area is 240 Å². The summed E-state index contributed by atoms with van der Waals surface area (Å²) >= 11 is 9.78. The minimum absolute atomic E-state index is 0.178. The van der Waals surface area contributed by atoms with Crippen molar-refractivity contribution >= 4 is 67.1 Å². The number of benzene rings is 3. The zero-order valence-corrected chi connectivity index (χ0v) is 24.5. The van der Waals surface area contributed by atoms with Crippen molar-refractivity contribution in [2.24, 2.45) is 5.10 Å². The summed E-state index contributed by atoms with van der Waals surface area (Å²) in [6.45, 7) is 2.79. The molecule has 190 valence electrons. The summed E-state index contributed by atoms with van der Waals surface area (Å²) in [6.07, 6.45) is 1.56. The summed E-state index contributed by atoms with van der Waals surface area (Å²) in [6, 6.07) is 21.4. The van der Waals surface area contributed by atoms with Gasteiger partial charge in [0.2, 0.25) is 0 Å². The second-order valence-electron chi connectivity index (χ2n) is 7.50. The Balaban J connectivity index is 1.32. The Kier molecular flexibility index (Phi) is 10.1. The number of ether oxygens (including phenoxy) is 2. The number of carbonyl (C=O) groups excluding carboxylic acids is 1. The predicted molar refractivity (Wildman–Crippen MR) is 156 cm³/mol. The van der Waals surface area contributed by atoms with E-state index < -0.39 is 0 Å². The van der Waals surface area contributed by atoms with E-state index in [9.17, 15) is 4.79 Å². The van der Waals surface area contributed by atoms with Crippen LogP contribution in [-0.4, -0.2) is 34.7 Å². The highest BCUT2D eigenvalue weighted by molar-refractivity contribution is 9.10. The van der Waals surface area contributed by atoms with Crippen molar-refractivity contribution in [1.29, 1.82) is 0 Å². The number of nitrogens with one attached hydrogen (secondary N) is 1. The standard InChI is InChI=1S/C26H22Br2N4O3S2/c1-2-34-22-13-18(12-21(28)24(22)35-15-17-8-10-20(27)11-9-17)14-29-30-23(33)16-36-26-32-31-25(37-26)19-6-4-3-5-7-19/h3-14H,2,15-16H2,1H3,(H,30,33). The Hall–Kier alpha value is -2.73. The molecule has 0 aliphatic heterocycles. The van der Waals surface area contributed by atoms with Gasteiger partial charge in [-0.05, 0) is 58.2 Å². The fourth-order valence-corrected chi connectivity index (χ4v) is 5.59. The van der Waals surface area contributed by atoms with Gasteiger partial charge in [-0.25, -0.2) is 5.43 Å². The number of thioether (sulfide) groups is 1. The molecular weight excluding hydrogens is 640 g/mol. The first-order chi connectivity index (χ1) is 18.0. The van der Waals surface area contributed by atoms with E-state index in [1.807, 2.05) is 73.7 Å². The molecule has 37 heavy (non-hydrogen) atoms. The van der Waals surface area contributed by atoms with Gasteiger partial charge in [0.15, 0.2) is 15.8 Å². The van der Waals surface area contributed by atoms with E-state index in [1.165, 1.54) is 23.1 Å². The molecule has 1 heterocycles. The summed E-state index contributed by atoms with van der Waals surface area (Å²) in [5.74, 6) is 1.13. The zero-order chi connectivity index (χ0) is 26.0. The van der Waals surface area contributed by atoms with Crippen LogP contribution in [0.4, 0.5) is 0 Å². The van der Waals surface area contributed by atoms with Crippen molar-refractivity contribution in [2.45, 2.75) is 17.9 Å². The van der Waals surface area contributed by atoms with Crippen molar-refractivity contribution in [1.82, 2.24) is 15.6 Å². The molecule has 0 bridgehead atoms. The van der Waals surface area contributed by atoms with Crippen molar-refractivity contribution in [3.8, 4) is 22.1 Å². The van der Waals surface area contributed by atoms with Gasteiger partial charge in [0, 0.05) is 10.0 Å². The van der Waals surface area contributed by atoms with Gasteiger partial charge in [0.1, 0.15) is 11.6 Å². The number of carbonyl (C=O) groups is 1. The second kappa shape index (κ2) is 13.7. The fraction of sp³-hybridized carbons (Fsp3) is 0.154. The molecule has 4 aromatic rings. The smallest absolute Gasteiger partial charge is 0.250 e. The first-order valence-corrected chi connectivity index (χ1v) is 14.6. The number of hydrazone groups is 1. The number of nitrogens with zero attached hydrogens (tertiary/aromatic N) is 3. The maximum Gasteiger partial charge on any atom is 0.250 e. The van der Waals surface area contributed by atoms with Crippen LogP contribution >= 0.6 is 55.0 Å². The molecule has 3 aromatic carbocycles. The molecule has 0 aliphatic carbocycles. The van der Waals surface area contributed by atoms with E-state index in [1.54, 1.807) is 6.21 Å². The Bertz CT molecular complexity index is 1370. The largest absolute Gasteiger partial charge is 0.490 e. The number of amides is 1. The molecule has 1 amide bonds. The fourth-order valence-electron chi connectivity index (χ4n) is 3.11. The predicted octanol–water partition coefficient (Wildman–Crippen LogP) is 6.95. The first kappa shape index (κ1) is 27.3. The average molecular weight is 662 g/mol. The summed E-state index contributed by atoms with van der Waals surface area (Å²) in [5, 5.41) is 13.3. The maximum atomic E-state index is 12.3. The lowest BCUT2D eigenvalue weighted by molar-refractivity contribution is -0.118. The van der Waals surface area contributed by atoms with E-state index >= 15 is 0 Å². The molecule has 11 heteroatoms. The Morgan fingerprint density at radius 2 is 1.86 bits per heavy atom. The summed E-state index contributed by atoms with van der Waals surface area (Å²) < 4.78 is 14.3. The summed E-state index contributed by atoms with van der Waals surface area (Å²) in [7, 11) is 0. The van der Waals surface area contributed by atoms with Crippen molar-refractivity contribution < 1.29 is 14.3 Å². The topological polar surface area (TPSA) is 85.7 Å². The molecule has 4 rings (SSSR count). The van der Waals surface area contributed by atoms with Gasteiger partial charge in [0.25, 0.3) is 5.91 Å². The monoisotopic (exact) mass is 660 g/mol. The molecular formula is C26H22Br2N4O3S2. The van der Waals surface area contributed by atoms with Crippen LogP contribution in [0.2, 0.25) is 0 Å². The van der Waals surface area contributed by atoms with Crippen LogP contribution < -0.4 is 14.9 Å². The lowest BCUT2D eigenvalue weighted by Gasteiger charge is -2.14. The molecule has 0 fully saturated rings.